The summed E-state index contributed by atoms with van der Waals surface area (Å²) in [5, 5.41) is 6.52. The van der Waals surface area contributed by atoms with E-state index in [1.54, 1.807) is 0 Å². The second-order valence-corrected chi connectivity index (χ2v) is 6.20. The first kappa shape index (κ1) is 16.0. The molecule has 0 amide bonds. The molecule has 2 atom stereocenters. The lowest BCUT2D eigenvalue weighted by Crippen LogP contribution is -2.24. The monoisotopic (exact) mass is 283 g/mol. The summed E-state index contributed by atoms with van der Waals surface area (Å²) >= 11 is 0. The van der Waals surface area contributed by atoms with Crippen LogP contribution in [0.15, 0.2) is 42.5 Å². The number of benzene rings is 2. The third kappa shape index (κ3) is 4.31. The Balaban J connectivity index is 2.29. The minimum atomic E-state index is 0.470. The van der Waals surface area contributed by atoms with Crippen LogP contribution >= 0.6 is 0 Å². The van der Waals surface area contributed by atoms with Crippen molar-refractivity contribution in [2.75, 3.05) is 6.54 Å². The van der Waals surface area contributed by atoms with Crippen LogP contribution in [-0.4, -0.2) is 6.54 Å². The van der Waals surface area contributed by atoms with E-state index in [0.717, 1.165) is 12.5 Å². The summed E-state index contributed by atoms with van der Waals surface area (Å²) in [4.78, 5) is 0. The van der Waals surface area contributed by atoms with E-state index in [4.69, 9.17) is 0 Å². The zero-order chi connectivity index (χ0) is 15.1. The highest BCUT2D eigenvalue weighted by atomic mass is 14.9. The number of rotatable bonds is 8. The second-order valence-electron chi connectivity index (χ2n) is 6.20. The van der Waals surface area contributed by atoms with Crippen LogP contribution < -0.4 is 5.32 Å². The lowest BCUT2D eigenvalue weighted by molar-refractivity contribution is 0.392. The molecular formula is C20H29N. The standard InChI is InChI=1S/C20H29N/c1-4-9-16(3)15-20(21-14-5-2)19-13-8-11-17-10-6-7-12-18(17)19/h6-8,10-13,16,20-21H,4-5,9,14-15H2,1-3H3. The Labute approximate surface area is 129 Å². The molecule has 0 saturated carbocycles. The van der Waals surface area contributed by atoms with Gasteiger partial charge in [0.1, 0.15) is 0 Å². The zero-order valence-corrected chi connectivity index (χ0v) is 13.7. The molecule has 0 aliphatic heterocycles. The van der Waals surface area contributed by atoms with Gasteiger partial charge in [0, 0.05) is 6.04 Å². The molecule has 2 rings (SSSR count). The van der Waals surface area contributed by atoms with Crippen LogP contribution in [0.4, 0.5) is 0 Å². The van der Waals surface area contributed by atoms with Gasteiger partial charge in [-0.2, -0.15) is 0 Å². The van der Waals surface area contributed by atoms with Gasteiger partial charge >= 0.3 is 0 Å². The van der Waals surface area contributed by atoms with Crippen LogP contribution in [-0.2, 0) is 0 Å². The number of hydrogen-bond donors (Lipinski definition) is 1. The smallest absolute Gasteiger partial charge is 0.0328 e. The molecule has 0 aliphatic rings. The highest BCUT2D eigenvalue weighted by Gasteiger charge is 2.16. The minimum absolute atomic E-state index is 0.470. The molecule has 1 N–H and O–H groups in total. The van der Waals surface area contributed by atoms with Crippen molar-refractivity contribution in [2.45, 2.75) is 52.5 Å². The first-order valence-corrected chi connectivity index (χ1v) is 8.47. The summed E-state index contributed by atoms with van der Waals surface area (Å²) in [6.45, 7) is 7.99. The molecule has 0 heterocycles. The molecule has 0 radical (unpaired) electrons. The Morgan fingerprint density at radius 3 is 2.48 bits per heavy atom. The first-order valence-electron chi connectivity index (χ1n) is 8.47. The Hall–Kier alpha value is -1.34. The summed E-state index contributed by atoms with van der Waals surface area (Å²) in [6, 6.07) is 15.9. The Kier molecular flexibility index (Phi) is 6.25. The third-order valence-corrected chi connectivity index (χ3v) is 4.26. The fourth-order valence-electron chi connectivity index (χ4n) is 3.21. The topological polar surface area (TPSA) is 12.0 Å². The predicted octanol–water partition coefficient (Wildman–Crippen LogP) is 5.71. The van der Waals surface area contributed by atoms with Crippen LogP contribution in [0.2, 0.25) is 0 Å². The summed E-state index contributed by atoms with van der Waals surface area (Å²) in [7, 11) is 0. The molecule has 2 aromatic carbocycles. The SMILES string of the molecule is CCCNC(CC(C)CCC)c1cccc2ccccc12. The molecule has 0 aromatic heterocycles. The molecule has 0 bridgehead atoms. The molecule has 1 nitrogen and oxygen atoms in total. The van der Waals surface area contributed by atoms with Crippen molar-refractivity contribution in [1.29, 1.82) is 0 Å². The van der Waals surface area contributed by atoms with Crippen LogP contribution in [0.1, 0.15) is 58.1 Å². The summed E-state index contributed by atoms with van der Waals surface area (Å²) in [5.74, 6) is 0.767. The van der Waals surface area contributed by atoms with Crippen molar-refractivity contribution in [3.63, 3.8) is 0 Å². The van der Waals surface area contributed by atoms with Crippen molar-refractivity contribution in [1.82, 2.24) is 5.32 Å². The summed E-state index contributed by atoms with van der Waals surface area (Å²) in [6.07, 6.45) is 5.00. The van der Waals surface area contributed by atoms with E-state index in [-0.39, 0.29) is 0 Å². The molecule has 2 unspecified atom stereocenters. The van der Waals surface area contributed by atoms with Crippen molar-refractivity contribution in [2.24, 2.45) is 5.92 Å². The van der Waals surface area contributed by atoms with Crippen molar-refractivity contribution < 1.29 is 0 Å². The van der Waals surface area contributed by atoms with Crippen molar-refractivity contribution >= 4 is 10.8 Å². The largest absolute Gasteiger partial charge is 0.310 e. The fraction of sp³-hybridized carbons (Fsp3) is 0.500. The van der Waals surface area contributed by atoms with Crippen LogP contribution in [0.5, 0.6) is 0 Å². The molecule has 0 fully saturated rings. The Bertz CT molecular complexity index is 541. The predicted molar refractivity (Wildman–Crippen MR) is 93.7 cm³/mol. The van der Waals surface area contributed by atoms with E-state index >= 15 is 0 Å². The van der Waals surface area contributed by atoms with E-state index in [2.05, 4.69) is 68.6 Å². The van der Waals surface area contributed by atoms with Gasteiger partial charge in [-0.3, -0.25) is 0 Å². The molecule has 1 heteroatoms. The molecule has 0 spiro atoms. The van der Waals surface area contributed by atoms with Gasteiger partial charge in [0.2, 0.25) is 0 Å². The van der Waals surface area contributed by atoms with E-state index < -0.39 is 0 Å². The average Bonchev–Trinajstić information content (AvgIpc) is 2.51. The zero-order valence-electron chi connectivity index (χ0n) is 13.7. The quantitative estimate of drug-likeness (QED) is 0.654. The van der Waals surface area contributed by atoms with E-state index in [0.29, 0.717) is 6.04 Å². The van der Waals surface area contributed by atoms with E-state index in [1.165, 1.54) is 42.0 Å². The molecule has 114 valence electrons. The Morgan fingerprint density at radius 1 is 0.952 bits per heavy atom. The number of fused-ring (bicyclic) bond motifs is 1. The van der Waals surface area contributed by atoms with Gasteiger partial charge < -0.3 is 5.32 Å². The van der Waals surface area contributed by atoms with Gasteiger partial charge in [-0.15, -0.1) is 0 Å². The van der Waals surface area contributed by atoms with Crippen molar-refractivity contribution in [3.8, 4) is 0 Å². The Morgan fingerprint density at radius 2 is 1.71 bits per heavy atom. The highest BCUT2D eigenvalue weighted by Crippen LogP contribution is 2.29. The fourth-order valence-corrected chi connectivity index (χ4v) is 3.21. The van der Waals surface area contributed by atoms with Gasteiger partial charge in [-0.1, -0.05) is 76.1 Å². The van der Waals surface area contributed by atoms with Crippen LogP contribution in [0.3, 0.4) is 0 Å². The normalized spacial score (nSPS) is 14.2. The molecular weight excluding hydrogens is 254 g/mol. The molecule has 0 saturated heterocycles. The van der Waals surface area contributed by atoms with Crippen LogP contribution in [0, 0.1) is 5.92 Å². The average molecular weight is 283 g/mol. The second kappa shape index (κ2) is 8.19. The maximum Gasteiger partial charge on any atom is 0.0328 e. The molecule has 21 heavy (non-hydrogen) atoms. The number of hydrogen-bond acceptors (Lipinski definition) is 1. The lowest BCUT2D eigenvalue weighted by Gasteiger charge is -2.24. The van der Waals surface area contributed by atoms with Gasteiger partial charge in [0.05, 0.1) is 0 Å². The van der Waals surface area contributed by atoms with Gasteiger partial charge in [0.15, 0.2) is 0 Å². The maximum absolute atomic E-state index is 3.77. The van der Waals surface area contributed by atoms with Crippen LogP contribution in [0.25, 0.3) is 10.8 Å². The van der Waals surface area contributed by atoms with Gasteiger partial charge in [0.25, 0.3) is 0 Å². The lowest BCUT2D eigenvalue weighted by atomic mass is 9.90. The van der Waals surface area contributed by atoms with Gasteiger partial charge in [-0.05, 0) is 41.6 Å². The van der Waals surface area contributed by atoms with E-state index in [1.807, 2.05) is 0 Å². The van der Waals surface area contributed by atoms with E-state index in [9.17, 15) is 0 Å². The number of nitrogens with one attached hydrogen (secondary N) is 1. The molecule has 0 aliphatic carbocycles. The maximum atomic E-state index is 3.77. The first-order chi connectivity index (χ1) is 10.3. The summed E-state index contributed by atoms with van der Waals surface area (Å²) < 4.78 is 0. The third-order valence-electron chi connectivity index (χ3n) is 4.26. The minimum Gasteiger partial charge on any atom is -0.310 e. The van der Waals surface area contributed by atoms with Crippen molar-refractivity contribution in [3.05, 3.63) is 48.0 Å². The van der Waals surface area contributed by atoms with Gasteiger partial charge in [-0.25, -0.2) is 0 Å². The highest BCUT2D eigenvalue weighted by molar-refractivity contribution is 5.86. The molecule has 2 aromatic rings. The summed E-state index contributed by atoms with van der Waals surface area (Å²) in [5.41, 5.74) is 1.46.